The molecular weight excluding hydrogens is 817 g/mol. The fourth-order valence-corrected chi connectivity index (χ4v) is 11.3. The molecule has 16 nitrogen and oxygen atoms in total. The lowest BCUT2D eigenvalue weighted by atomic mass is 9.86. The van der Waals surface area contributed by atoms with Gasteiger partial charge in [-0.05, 0) is 114 Å². The smallest absolute Gasteiger partial charge is 0.405 e. The van der Waals surface area contributed by atoms with E-state index in [0.29, 0.717) is 50.5 Å². The quantitative estimate of drug-likeness (QED) is 0.0877. The molecule has 0 bridgehead atoms. The lowest BCUT2D eigenvalue weighted by Gasteiger charge is -2.38. The van der Waals surface area contributed by atoms with Crippen molar-refractivity contribution in [1.82, 2.24) is 40.4 Å². The van der Waals surface area contributed by atoms with Crippen molar-refractivity contribution in [1.29, 1.82) is 0 Å². The predicted octanol–water partition coefficient (Wildman–Crippen LogP) is 7.43. The third-order valence-electron chi connectivity index (χ3n) is 15.1. The molecule has 10 rings (SSSR count). The number of carbonyl (C=O) groups excluding carboxylic acids is 2. The van der Waals surface area contributed by atoms with Gasteiger partial charge in [0, 0.05) is 48.8 Å². The molecule has 4 aromatic rings. The number of likely N-dealkylation sites (tertiary alicyclic amines) is 2. The van der Waals surface area contributed by atoms with Crippen LogP contribution in [0.3, 0.4) is 0 Å². The Morgan fingerprint density at radius 3 is 1.34 bits per heavy atom. The zero-order valence-electron chi connectivity index (χ0n) is 36.4. The summed E-state index contributed by atoms with van der Waals surface area (Å²) in [5.41, 5.74) is 5.06. The van der Waals surface area contributed by atoms with E-state index in [4.69, 9.17) is 19.4 Å². The van der Waals surface area contributed by atoms with Gasteiger partial charge >= 0.3 is 12.2 Å². The normalized spacial score (nSPS) is 27.6. The Morgan fingerprint density at radius 2 is 0.984 bits per heavy atom. The number of benzene rings is 2. The molecule has 8 atom stereocenters. The Balaban J connectivity index is 0.801. The molecule has 6 heterocycles. The van der Waals surface area contributed by atoms with E-state index in [1.165, 1.54) is 0 Å². The maximum Gasteiger partial charge on any atom is 0.405 e. The summed E-state index contributed by atoms with van der Waals surface area (Å²) in [5.74, 6) is 0.757. The number of hydrogen-bond acceptors (Lipinski definition) is 8. The number of rotatable bonds is 11. The minimum Gasteiger partial charge on any atom is -0.465 e. The topological polar surface area (TPSA) is 215 Å². The van der Waals surface area contributed by atoms with E-state index in [1.807, 2.05) is 60.3 Å². The first-order chi connectivity index (χ1) is 30.9. The van der Waals surface area contributed by atoms with Crippen molar-refractivity contribution >= 4 is 24.0 Å². The lowest BCUT2D eigenvalue weighted by molar-refractivity contribution is -0.140. The first-order valence-electron chi connectivity index (χ1n) is 23.1. The summed E-state index contributed by atoms with van der Waals surface area (Å²) < 4.78 is 12.0. The van der Waals surface area contributed by atoms with E-state index in [0.717, 1.165) is 85.0 Å². The average Bonchev–Trinajstić information content (AvgIpc) is 3.82. The van der Waals surface area contributed by atoms with Crippen LogP contribution in [-0.4, -0.2) is 113 Å². The fraction of sp³-hybridized carbons (Fsp3) is 0.542. The second kappa shape index (κ2) is 16.7. The molecule has 6 fully saturated rings. The molecule has 6 N–H and O–H groups in total. The van der Waals surface area contributed by atoms with Crippen LogP contribution in [0.15, 0.2) is 60.9 Å². The van der Waals surface area contributed by atoms with Crippen molar-refractivity contribution < 1.29 is 38.9 Å². The third-order valence-corrected chi connectivity index (χ3v) is 15.1. The van der Waals surface area contributed by atoms with Crippen LogP contribution < -0.4 is 10.6 Å². The van der Waals surface area contributed by atoms with Gasteiger partial charge in [-0.2, -0.15) is 0 Å². The first kappa shape index (κ1) is 42.2. The van der Waals surface area contributed by atoms with Gasteiger partial charge in [0.15, 0.2) is 0 Å². The molecule has 338 valence electrons. The molecule has 6 aliphatic rings. The van der Waals surface area contributed by atoms with Crippen LogP contribution in [-0.2, 0) is 19.1 Å². The summed E-state index contributed by atoms with van der Waals surface area (Å²) in [6, 6.07) is 14.0. The third kappa shape index (κ3) is 8.26. The van der Waals surface area contributed by atoms with Gasteiger partial charge in [0.25, 0.3) is 0 Å². The fourth-order valence-electron chi connectivity index (χ4n) is 11.3. The zero-order valence-corrected chi connectivity index (χ0v) is 36.4. The number of H-pyrrole nitrogens is 2. The Hall–Kier alpha value is -5.74. The highest BCUT2D eigenvalue weighted by atomic mass is 16.5. The van der Waals surface area contributed by atoms with Gasteiger partial charge in [-0.1, -0.05) is 48.5 Å². The summed E-state index contributed by atoms with van der Waals surface area (Å²) in [6.07, 6.45) is 10.9. The van der Waals surface area contributed by atoms with Gasteiger partial charge in [-0.3, -0.25) is 9.59 Å². The van der Waals surface area contributed by atoms with Crippen molar-refractivity contribution in [3.63, 3.8) is 0 Å². The molecular formula is C48H58N8O8. The number of nitrogens with one attached hydrogen (secondary N) is 4. The minimum absolute atomic E-state index is 0.0587. The zero-order chi connectivity index (χ0) is 44.3. The number of imidazole rings is 2. The number of nitrogens with zero attached hydrogens (tertiary/aromatic N) is 4. The molecule has 16 heteroatoms. The number of aromatic nitrogens is 4. The van der Waals surface area contributed by atoms with Gasteiger partial charge in [0.2, 0.25) is 11.8 Å². The number of carbonyl (C=O) groups is 4. The predicted molar refractivity (Wildman–Crippen MR) is 235 cm³/mol. The maximum absolute atomic E-state index is 14.2. The molecule has 2 saturated carbocycles. The molecule has 4 aliphatic heterocycles. The van der Waals surface area contributed by atoms with Gasteiger partial charge in [-0.25, -0.2) is 19.6 Å². The van der Waals surface area contributed by atoms with Gasteiger partial charge in [0.1, 0.15) is 23.7 Å². The Bertz CT molecular complexity index is 2220. The number of hydrogen-bond donors (Lipinski definition) is 6. The summed E-state index contributed by atoms with van der Waals surface area (Å²) in [7, 11) is 0. The molecule has 2 aliphatic carbocycles. The van der Waals surface area contributed by atoms with E-state index in [1.54, 1.807) is 0 Å². The van der Waals surface area contributed by atoms with Crippen molar-refractivity contribution in [2.24, 2.45) is 11.8 Å². The highest BCUT2D eigenvalue weighted by molar-refractivity contribution is 5.87. The van der Waals surface area contributed by atoms with Gasteiger partial charge in [0.05, 0.1) is 34.7 Å². The summed E-state index contributed by atoms with van der Waals surface area (Å²) in [6.45, 7) is 5.11. The second-order valence-electron chi connectivity index (χ2n) is 19.3. The SMILES string of the molecule is C[C@H]1CC[C@@H](c2nc(-c3ccc(-c4ccc(-c5c[nH]c([C@@H]6CC[C@H](C)N6C(=O)C(NC(=O)O)C6CCOC7(CC7)C6)n5)cc4)cc3)c[nH]2)N1C(=O)C(NC(=O)O)C1CCOC2(CC2)C1. The minimum atomic E-state index is -1.19. The van der Waals surface area contributed by atoms with Gasteiger partial charge in [-0.15, -0.1) is 0 Å². The van der Waals surface area contributed by atoms with Crippen LogP contribution in [0, 0.1) is 11.8 Å². The van der Waals surface area contributed by atoms with E-state index < -0.39 is 24.3 Å². The van der Waals surface area contributed by atoms with Crippen LogP contribution in [0.25, 0.3) is 33.6 Å². The van der Waals surface area contributed by atoms with Crippen LogP contribution in [0.5, 0.6) is 0 Å². The summed E-state index contributed by atoms with van der Waals surface area (Å²) in [4.78, 5) is 72.7. The molecule has 2 aromatic heterocycles. The summed E-state index contributed by atoms with van der Waals surface area (Å²) in [5, 5.41) is 24.7. The van der Waals surface area contributed by atoms with E-state index in [9.17, 15) is 29.4 Å². The number of aromatic amines is 2. The van der Waals surface area contributed by atoms with Crippen LogP contribution in [0.2, 0.25) is 0 Å². The van der Waals surface area contributed by atoms with E-state index in [2.05, 4.69) is 44.9 Å². The molecule has 64 heavy (non-hydrogen) atoms. The largest absolute Gasteiger partial charge is 0.465 e. The van der Waals surface area contributed by atoms with Crippen LogP contribution in [0.1, 0.15) is 115 Å². The molecule has 4 saturated heterocycles. The van der Waals surface area contributed by atoms with Crippen LogP contribution in [0.4, 0.5) is 9.59 Å². The average molecular weight is 875 g/mol. The number of ether oxygens (including phenoxy) is 2. The second-order valence-corrected chi connectivity index (χ2v) is 19.3. The van der Waals surface area contributed by atoms with Crippen molar-refractivity contribution in [3.05, 3.63) is 72.6 Å². The Morgan fingerprint density at radius 1 is 0.609 bits per heavy atom. The standard InChI is InChI=1S/C48H58N8O8/c1-27-3-13-37(55(27)43(57)39(53-45(59)60)33-15-21-63-47(23-33)17-18-47)41-49-25-35(51-41)31-9-5-29(6-10-31)30-7-11-32(12-8-30)36-26-50-42(52-36)38-14-4-28(2)56(38)44(58)40(54-46(61)62)34-16-22-64-48(24-34)19-20-48/h5-12,25-28,33-34,37-40,53-54H,3-4,13-24H2,1-2H3,(H,49,51)(H,50,52)(H,59,60)(H,61,62)/t27-,28-,33?,34?,37-,38-,39?,40?/m0/s1. The van der Waals surface area contributed by atoms with Crippen molar-refractivity contribution in [2.45, 2.75) is 138 Å². The molecule has 2 aromatic carbocycles. The Labute approximate surface area is 371 Å². The lowest BCUT2D eigenvalue weighted by Crippen LogP contribution is -2.55. The first-order valence-corrected chi connectivity index (χ1v) is 23.1. The number of carboxylic acid groups (broad SMARTS) is 2. The Kier molecular flexibility index (Phi) is 11.0. The van der Waals surface area contributed by atoms with Crippen LogP contribution >= 0.6 is 0 Å². The van der Waals surface area contributed by atoms with E-state index in [-0.39, 0.29) is 59.0 Å². The molecule has 2 spiro atoms. The maximum atomic E-state index is 14.2. The summed E-state index contributed by atoms with van der Waals surface area (Å²) >= 11 is 0. The molecule has 0 radical (unpaired) electrons. The van der Waals surface area contributed by atoms with Gasteiger partial charge < -0.3 is 50.1 Å². The van der Waals surface area contributed by atoms with Crippen molar-refractivity contribution in [2.75, 3.05) is 13.2 Å². The molecule has 4 unspecified atom stereocenters. The van der Waals surface area contributed by atoms with E-state index >= 15 is 0 Å². The highest BCUT2D eigenvalue weighted by Gasteiger charge is 2.53. The monoisotopic (exact) mass is 874 g/mol. The van der Waals surface area contributed by atoms with Crippen molar-refractivity contribution in [3.8, 4) is 33.6 Å². The number of amides is 4. The highest BCUT2D eigenvalue weighted by Crippen LogP contribution is 2.50. The molecule has 4 amide bonds.